The van der Waals surface area contributed by atoms with Crippen molar-refractivity contribution >= 4 is 0 Å². The highest BCUT2D eigenvalue weighted by Crippen LogP contribution is 2.32. The lowest BCUT2D eigenvalue weighted by Crippen LogP contribution is -2.22. The third-order valence-electron chi connectivity index (χ3n) is 5.32. The summed E-state index contributed by atoms with van der Waals surface area (Å²) in [4.78, 5) is 17.7. The molecule has 5 heteroatoms. The van der Waals surface area contributed by atoms with Crippen molar-refractivity contribution in [3.05, 3.63) is 47.3 Å². The minimum atomic E-state index is -0.408. The number of hydrogen-bond donors (Lipinski definition) is 0. The molecule has 28 heavy (non-hydrogen) atoms. The van der Waals surface area contributed by atoms with Crippen molar-refractivity contribution < 1.29 is 4.39 Å². The molecule has 0 amide bonds. The maximum Gasteiger partial charge on any atom is 0.219 e. The topological polar surface area (TPSA) is 51.6 Å². The molecular weight excluding hydrogens is 351 g/mol. The number of hydrogen-bond acceptors (Lipinski definition) is 4. The standard InChI is InChI=1S/C23H35FN4/c1-15(19-25-14-17(18(24)28-19)21(2,3)4)10-11-23(8,9)16-12-26-20(27-13-16)22(5,6)7/h12-15H,10-11H2,1-9H3. The largest absolute Gasteiger partial charge is 0.241 e. The summed E-state index contributed by atoms with van der Waals surface area (Å²) in [6, 6.07) is 0. The quantitative estimate of drug-likeness (QED) is 0.604. The van der Waals surface area contributed by atoms with E-state index in [1.54, 1.807) is 6.20 Å². The number of halogens is 1. The van der Waals surface area contributed by atoms with Gasteiger partial charge in [-0.25, -0.2) is 19.9 Å². The molecule has 0 N–H and O–H groups in total. The first kappa shape index (κ1) is 22.4. The summed E-state index contributed by atoms with van der Waals surface area (Å²) in [5, 5.41) is 0. The highest BCUT2D eigenvalue weighted by molar-refractivity contribution is 5.20. The van der Waals surface area contributed by atoms with Gasteiger partial charge < -0.3 is 0 Å². The summed E-state index contributed by atoms with van der Waals surface area (Å²) in [6.45, 7) is 18.7. The Bertz CT molecular complexity index is 799. The van der Waals surface area contributed by atoms with E-state index in [1.807, 2.05) is 33.2 Å². The van der Waals surface area contributed by atoms with E-state index in [2.05, 4.69) is 61.5 Å². The Balaban J connectivity index is 2.08. The van der Waals surface area contributed by atoms with Crippen molar-refractivity contribution in [2.75, 3.05) is 0 Å². The zero-order chi connectivity index (χ0) is 21.3. The van der Waals surface area contributed by atoms with Gasteiger partial charge in [-0.3, -0.25) is 0 Å². The second-order valence-electron chi connectivity index (χ2n) is 10.6. The summed E-state index contributed by atoms with van der Waals surface area (Å²) < 4.78 is 14.4. The van der Waals surface area contributed by atoms with Crippen molar-refractivity contribution in [1.82, 2.24) is 19.9 Å². The highest BCUT2D eigenvalue weighted by atomic mass is 19.1. The fourth-order valence-corrected chi connectivity index (χ4v) is 3.03. The Morgan fingerprint density at radius 3 is 1.89 bits per heavy atom. The van der Waals surface area contributed by atoms with E-state index < -0.39 is 5.95 Å². The summed E-state index contributed by atoms with van der Waals surface area (Å²) in [5.74, 6) is 1.09. The first-order chi connectivity index (χ1) is 12.7. The van der Waals surface area contributed by atoms with Crippen LogP contribution in [0.1, 0.15) is 104 Å². The van der Waals surface area contributed by atoms with Gasteiger partial charge in [0, 0.05) is 35.5 Å². The first-order valence-electron chi connectivity index (χ1n) is 10.1. The Morgan fingerprint density at radius 1 is 0.857 bits per heavy atom. The van der Waals surface area contributed by atoms with Crippen LogP contribution in [0.25, 0.3) is 0 Å². The normalized spacial score (nSPS) is 14.2. The van der Waals surface area contributed by atoms with Crippen LogP contribution in [0, 0.1) is 5.95 Å². The molecule has 0 aromatic carbocycles. The Kier molecular flexibility index (Phi) is 6.27. The summed E-state index contributed by atoms with van der Waals surface area (Å²) in [6.07, 6.45) is 7.29. The van der Waals surface area contributed by atoms with Crippen molar-refractivity contribution in [1.29, 1.82) is 0 Å². The lowest BCUT2D eigenvalue weighted by atomic mass is 9.80. The fourth-order valence-electron chi connectivity index (χ4n) is 3.03. The molecule has 154 valence electrons. The van der Waals surface area contributed by atoms with Crippen molar-refractivity contribution in [3.8, 4) is 0 Å². The molecule has 0 aliphatic heterocycles. The van der Waals surface area contributed by atoms with Crippen LogP contribution in [-0.2, 0) is 16.2 Å². The zero-order valence-corrected chi connectivity index (χ0v) is 18.9. The Labute approximate surface area is 169 Å². The predicted octanol–water partition coefficient (Wildman–Crippen LogP) is 5.86. The molecule has 0 fully saturated rings. The number of aromatic nitrogens is 4. The van der Waals surface area contributed by atoms with Crippen LogP contribution in [0.4, 0.5) is 4.39 Å². The van der Waals surface area contributed by atoms with Gasteiger partial charge in [-0.2, -0.15) is 4.39 Å². The van der Waals surface area contributed by atoms with E-state index in [4.69, 9.17) is 0 Å². The Morgan fingerprint density at radius 2 is 1.43 bits per heavy atom. The van der Waals surface area contributed by atoms with Crippen LogP contribution in [0.15, 0.2) is 18.6 Å². The number of nitrogens with zero attached hydrogens (tertiary/aromatic N) is 4. The predicted molar refractivity (Wildman–Crippen MR) is 112 cm³/mol. The van der Waals surface area contributed by atoms with E-state index in [0.29, 0.717) is 11.4 Å². The lowest BCUT2D eigenvalue weighted by Gasteiger charge is -2.27. The van der Waals surface area contributed by atoms with Crippen LogP contribution < -0.4 is 0 Å². The van der Waals surface area contributed by atoms with Gasteiger partial charge in [0.25, 0.3) is 0 Å². The van der Waals surface area contributed by atoms with Gasteiger partial charge in [-0.15, -0.1) is 0 Å². The van der Waals surface area contributed by atoms with E-state index >= 15 is 0 Å². The molecule has 1 atom stereocenters. The smallest absolute Gasteiger partial charge is 0.219 e. The zero-order valence-electron chi connectivity index (χ0n) is 18.9. The highest BCUT2D eigenvalue weighted by Gasteiger charge is 2.26. The van der Waals surface area contributed by atoms with Crippen LogP contribution >= 0.6 is 0 Å². The Hall–Kier alpha value is -1.91. The molecule has 0 bridgehead atoms. The third kappa shape index (κ3) is 5.33. The molecule has 2 heterocycles. The van der Waals surface area contributed by atoms with Crippen LogP contribution in [0.3, 0.4) is 0 Å². The average Bonchev–Trinajstić information content (AvgIpc) is 2.58. The maximum absolute atomic E-state index is 14.4. The third-order valence-corrected chi connectivity index (χ3v) is 5.32. The molecule has 0 aliphatic carbocycles. The van der Waals surface area contributed by atoms with Crippen LogP contribution in [-0.4, -0.2) is 19.9 Å². The average molecular weight is 387 g/mol. The van der Waals surface area contributed by atoms with Gasteiger partial charge in [0.1, 0.15) is 11.6 Å². The van der Waals surface area contributed by atoms with Crippen molar-refractivity contribution in [3.63, 3.8) is 0 Å². The maximum atomic E-state index is 14.4. The molecular formula is C23H35FN4. The number of rotatable bonds is 5. The fraction of sp³-hybridized carbons (Fsp3) is 0.652. The molecule has 0 spiro atoms. The summed E-state index contributed by atoms with van der Waals surface area (Å²) in [7, 11) is 0. The molecule has 0 radical (unpaired) electrons. The molecule has 2 aromatic rings. The molecule has 1 unspecified atom stereocenters. The molecule has 0 saturated heterocycles. The second kappa shape index (κ2) is 7.84. The van der Waals surface area contributed by atoms with Crippen molar-refractivity contribution in [2.24, 2.45) is 0 Å². The van der Waals surface area contributed by atoms with Gasteiger partial charge in [-0.05, 0) is 29.2 Å². The minimum absolute atomic E-state index is 0.0577. The molecule has 4 nitrogen and oxygen atoms in total. The van der Waals surface area contributed by atoms with Gasteiger partial charge >= 0.3 is 0 Å². The molecule has 2 aromatic heterocycles. The second-order valence-corrected chi connectivity index (χ2v) is 10.6. The van der Waals surface area contributed by atoms with E-state index in [0.717, 1.165) is 24.2 Å². The van der Waals surface area contributed by atoms with E-state index in [-0.39, 0.29) is 22.2 Å². The van der Waals surface area contributed by atoms with Gasteiger partial charge in [0.05, 0.1) is 0 Å². The van der Waals surface area contributed by atoms with Crippen LogP contribution in [0.2, 0.25) is 0 Å². The SMILES string of the molecule is CC(CCC(C)(C)c1cnc(C(C)(C)C)nc1)c1ncc(C(C)(C)C)c(F)n1. The lowest BCUT2D eigenvalue weighted by molar-refractivity contribution is 0.423. The monoisotopic (exact) mass is 386 g/mol. The molecule has 0 aliphatic rings. The molecule has 2 rings (SSSR count). The summed E-state index contributed by atoms with van der Waals surface area (Å²) >= 11 is 0. The van der Waals surface area contributed by atoms with Crippen LogP contribution in [0.5, 0.6) is 0 Å². The van der Waals surface area contributed by atoms with Gasteiger partial charge in [-0.1, -0.05) is 62.3 Å². The van der Waals surface area contributed by atoms with Gasteiger partial charge in [0.15, 0.2) is 0 Å². The van der Waals surface area contributed by atoms with Gasteiger partial charge in [0.2, 0.25) is 5.95 Å². The minimum Gasteiger partial charge on any atom is -0.241 e. The van der Waals surface area contributed by atoms with E-state index in [9.17, 15) is 4.39 Å². The van der Waals surface area contributed by atoms with E-state index in [1.165, 1.54) is 0 Å². The summed E-state index contributed by atoms with van der Waals surface area (Å²) in [5.41, 5.74) is 1.24. The first-order valence-corrected chi connectivity index (χ1v) is 10.1. The molecule has 0 saturated carbocycles. The van der Waals surface area contributed by atoms with Crippen molar-refractivity contribution in [2.45, 2.75) is 97.3 Å².